The highest BCUT2D eigenvalue weighted by Crippen LogP contribution is 2.39. The second kappa shape index (κ2) is 11.1. The molecule has 3 aromatic heterocycles. The largest absolute Gasteiger partial charge is 0.383 e. The van der Waals surface area contributed by atoms with E-state index < -0.39 is 0 Å². The molecule has 5 aromatic rings. The van der Waals surface area contributed by atoms with Crippen molar-refractivity contribution in [3.63, 3.8) is 0 Å². The first-order chi connectivity index (χ1) is 20.4. The van der Waals surface area contributed by atoms with Crippen molar-refractivity contribution in [2.24, 2.45) is 0 Å². The maximum absolute atomic E-state index is 6.45. The minimum absolute atomic E-state index is 0.405. The van der Waals surface area contributed by atoms with E-state index in [1.165, 1.54) is 39.0 Å². The molecule has 0 atom stereocenters. The van der Waals surface area contributed by atoms with Gasteiger partial charge in [-0.05, 0) is 75.0 Å². The van der Waals surface area contributed by atoms with E-state index in [0.29, 0.717) is 28.9 Å². The molecule has 2 aliphatic rings. The van der Waals surface area contributed by atoms with Gasteiger partial charge in [-0.3, -0.25) is 4.90 Å². The van der Waals surface area contributed by atoms with Crippen molar-refractivity contribution in [1.82, 2.24) is 34.3 Å². The van der Waals surface area contributed by atoms with Crippen LogP contribution >= 0.6 is 11.6 Å². The average Bonchev–Trinajstić information content (AvgIpc) is 3.39. The quantitative estimate of drug-likeness (QED) is 0.258. The fraction of sp³-hybridized carbons (Fsp3) is 0.375. The summed E-state index contributed by atoms with van der Waals surface area (Å²) in [6.45, 7) is 6.70. The number of nitrogens with zero attached hydrogens (tertiary/aromatic N) is 7. The molecule has 0 amide bonds. The summed E-state index contributed by atoms with van der Waals surface area (Å²) < 4.78 is 2.35. The Morgan fingerprint density at radius 3 is 2.43 bits per heavy atom. The number of halogens is 1. The highest BCUT2D eigenvalue weighted by atomic mass is 35.5. The number of anilines is 3. The highest BCUT2D eigenvalue weighted by Gasteiger charge is 2.30. The van der Waals surface area contributed by atoms with Crippen LogP contribution in [0.25, 0.3) is 33.1 Å². The lowest BCUT2D eigenvalue weighted by atomic mass is 9.89. The normalized spacial score (nSPS) is 20.4. The van der Waals surface area contributed by atoms with Crippen molar-refractivity contribution in [2.45, 2.75) is 44.7 Å². The first-order valence-corrected chi connectivity index (χ1v) is 15.1. The van der Waals surface area contributed by atoms with Crippen molar-refractivity contribution in [3.8, 4) is 11.1 Å². The second-order valence-electron chi connectivity index (χ2n) is 11.8. The molecule has 216 valence electrons. The summed E-state index contributed by atoms with van der Waals surface area (Å²) in [5, 5.41) is 5.90. The zero-order valence-corrected chi connectivity index (χ0v) is 24.8. The Kier molecular flexibility index (Phi) is 7.17. The van der Waals surface area contributed by atoms with E-state index >= 15 is 0 Å². The number of rotatable bonds is 5. The number of aromatic nitrogens is 5. The van der Waals surface area contributed by atoms with Gasteiger partial charge in [0, 0.05) is 72.3 Å². The molecule has 9 nitrogen and oxygen atoms in total. The van der Waals surface area contributed by atoms with Crippen LogP contribution < -0.4 is 11.1 Å². The lowest BCUT2D eigenvalue weighted by Crippen LogP contribution is -2.49. The van der Waals surface area contributed by atoms with Gasteiger partial charge >= 0.3 is 0 Å². The molecular formula is C32H36ClN9. The topological polar surface area (TPSA) is 101 Å². The predicted molar refractivity (Wildman–Crippen MR) is 170 cm³/mol. The van der Waals surface area contributed by atoms with E-state index in [4.69, 9.17) is 22.3 Å². The Bertz CT molecular complexity index is 1730. The van der Waals surface area contributed by atoms with Gasteiger partial charge in [0.1, 0.15) is 17.8 Å². The van der Waals surface area contributed by atoms with Gasteiger partial charge in [-0.1, -0.05) is 23.7 Å². The number of benzene rings is 2. The molecular weight excluding hydrogens is 546 g/mol. The summed E-state index contributed by atoms with van der Waals surface area (Å²) in [4.78, 5) is 23.4. The Morgan fingerprint density at radius 1 is 0.929 bits per heavy atom. The molecule has 7 rings (SSSR count). The number of hydrogen-bond acceptors (Lipinski definition) is 8. The van der Waals surface area contributed by atoms with Crippen molar-refractivity contribution >= 4 is 51.0 Å². The zero-order valence-electron chi connectivity index (χ0n) is 24.1. The lowest BCUT2D eigenvalue weighted by Gasteiger charge is -2.41. The highest BCUT2D eigenvalue weighted by molar-refractivity contribution is 6.31. The van der Waals surface area contributed by atoms with E-state index in [2.05, 4.69) is 60.0 Å². The van der Waals surface area contributed by atoms with Gasteiger partial charge in [0.15, 0.2) is 0 Å². The van der Waals surface area contributed by atoms with Crippen LogP contribution in [0.15, 0.2) is 55.1 Å². The van der Waals surface area contributed by atoms with Crippen LogP contribution in [0.1, 0.15) is 37.3 Å². The Morgan fingerprint density at radius 2 is 1.67 bits per heavy atom. The van der Waals surface area contributed by atoms with Gasteiger partial charge in [0.05, 0.1) is 10.9 Å². The van der Waals surface area contributed by atoms with Crippen molar-refractivity contribution in [2.75, 3.05) is 44.3 Å². The van der Waals surface area contributed by atoms with Crippen LogP contribution in [0.5, 0.6) is 0 Å². The number of hydrogen-bond donors (Lipinski definition) is 2. The molecule has 1 aliphatic heterocycles. The van der Waals surface area contributed by atoms with E-state index in [1.54, 1.807) is 6.33 Å². The average molecular weight is 582 g/mol. The van der Waals surface area contributed by atoms with Gasteiger partial charge in [0.2, 0.25) is 5.95 Å². The molecule has 10 heteroatoms. The first-order valence-electron chi connectivity index (χ1n) is 14.8. The minimum Gasteiger partial charge on any atom is -0.383 e. The van der Waals surface area contributed by atoms with Crippen LogP contribution in [0, 0.1) is 6.92 Å². The summed E-state index contributed by atoms with van der Waals surface area (Å²) in [6, 6.07) is 13.1. The molecule has 1 aliphatic carbocycles. The van der Waals surface area contributed by atoms with Crippen LogP contribution in [0.3, 0.4) is 0 Å². The molecule has 0 spiro atoms. The molecule has 0 bridgehead atoms. The minimum atomic E-state index is 0.405. The second-order valence-corrected chi connectivity index (χ2v) is 12.2. The summed E-state index contributed by atoms with van der Waals surface area (Å²) in [5.74, 6) is 1.04. The number of nitrogen functional groups attached to an aromatic ring is 1. The fourth-order valence-corrected chi connectivity index (χ4v) is 6.95. The van der Waals surface area contributed by atoms with Gasteiger partial charge in [-0.25, -0.2) is 19.9 Å². The van der Waals surface area contributed by atoms with Gasteiger partial charge in [0.25, 0.3) is 0 Å². The van der Waals surface area contributed by atoms with Gasteiger partial charge < -0.3 is 20.5 Å². The number of likely N-dealkylation sites (N-methyl/N-ethyl adjacent to an activating group) is 1. The molecule has 2 fully saturated rings. The number of nitrogens with one attached hydrogen (secondary N) is 1. The summed E-state index contributed by atoms with van der Waals surface area (Å²) in [7, 11) is 2.22. The lowest BCUT2D eigenvalue weighted by molar-refractivity contribution is 0.0828. The number of nitrogens with two attached hydrogens (primary N) is 1. The number of aryl methyl sites for hydroxylation is 1. The Labute approximate surface area is 250 Å². The Balaban J connectivity index is 1.12. The third-order valence-electron chi connectivity index (χ3n) is 9.08. The smallest absolute Gasteiger partial charge is 0.227 e. The van der Waals surface area contributed by atoms with Crippen molar-refractivity contribution in [1.29, 1.82) is 0 Å². The summed E-state index contributed by atoms with van der Waals surface area (Å²) in [5.41, 5.74) is 12.3. The molecule has 4 heterocycles. The van der Waals surface area contributed by atoms with Crippen LogP contribution in [-0.2, 0) is 0 Å². The molecule has 2 aromatic carbocycles. The maximum Gasteiger partial charge on any atom is 0.227 e. The fourth-order valence-electron chi connectivity index (χ4n) is 6.68. The van der Waals surface area contributed by atoms with Crippen LogP contribution in [0.4, 0.5) is 17.5 Å². The monoisotopic (exact) mass is 581 g/mol. The van der Waals surface area contributed by atoms with E-state index in [0.717, 1.165) is 57.2 Å². The van der Waals surface area contributed by atoms with Gasteiger partial charge in [-0.15, -0.1) is 0 Å². The van der Waals surface area contributed by atoms with Crippen molar-refractivity contribution in [3.05, 3.63) is 65.7 Å². The SMILES string of the molecule is Cc1cc(Cl)cc2nc(Nc3ccc(-c4cn(C5CCC(N6CCN(C)CC6)CC5)c5ncnc(N)c45)cc3)ncc12. The van der Waals surface area contributed by atoms with Crippen molar-refractivity contribution < 1.29 is 0 Å². The van der Waals surface area contributed by atoms with Gasteiger partial charge in [-0.2, -0.15) is 0 Å². The number of piperazine rings is 1. The molecule has 1 saturated carbocycles. The van der Waals surface area contributed by atoms with E-state index in [-0.39, 0.29) is 0 Å². The molecule has 42 heavy (non-hydrogen) atoms. The number of fused-ring (bicyclic) bond motifs is 2. The third kappa shape index (κ3) is 5.17. The third-order valence-corrected chi connectivity index (χ3v) is 9.29. The maximum atomic E-state index is 6.45. The molecule has 3 N–H and O–H groups in total. The predicted octanol–water partition coefficient (Wildman–Crippen LogP) is 6.06. The standard InChI is InChI=1S/C32H36ClN9/c1-20-15-22(33)16-28-26(20)17-35-32(39-28)38-23-5-3-21(4-6-23)27-18-42(31-29(27)30(34)36-19-37-31)25-9-7-24(8-10-25)41-13-11-40(2)12-14-41/h3-6,15-19,24-25H,7-14H2,1-2H3,(H2,34,36,37)(H,35,38,39). The summed E-state index contributed by atoms with van der Waals surface area (Å²) in [6.07, 6.45) is 10.4. The molecule has 1 saturated heterocycles. The Hall–Kier alpha value is -3.79. The van der Waals surface area contributed by atoms with E-state index in [1.807, 2.05) is 37.4 Å². The zero-order chi connectivity index (χ0) is 28.8. The first kappa shape index (κ1) is 27.1. The molecule has 0 unspecified atom stereocenters. The molecule has 0 radical (unpaired) electrons. The van der Waals surface area contributed by atoms with Crippen LogP contribution in [-0.4, -0.2) is 73.6 Å². The van der Waals surface area contributed by atoms with E-state index in [9.17, 15) is 0 Å². The summed E-state index contributed by atoms with van der Waals surface area (Å²) >= 11 is 6.26. The van der Waals surface area contributed by atoms with Crippen LogP contribution in [0.2, 0.25) is 5.02 Å².